The fourth-order valence-corrected chi connectivity index (χ4v) is 5.35. The maximum Gasteiger partial charge on any atom is 0.283 e. The van der Waals surface area contributed by atoms with E-state index >= 15 is 0 Å². The molecule has 1 amide bonds. The fourth-order valence-electron chi connectivity index (χ4n) is 4.90. The van der Waals surface area contributed by atoms with Gasteiger partial charge in [-0.2, -0.15) is 5.10 Å². The summed E-state index contributed by atoms with van der Waals surface area (Å²) in [6.07, 6.45) is 4.31. The number of nitrogens with zero attached hydrogens (tertiary/aromatic N) is 5. The number of benzene rings is 1. The van der Waals surface area contributed by atoms with E-state index in [4.69, 9.17) is 5.10 Å². The first-order valence-electron chi connectivity index (χ1n) is 12.2. The quantitative estimate of drug-likeness (QED) is 0.560. The number of para-hydroxylation sites is 1. The molecule has 3 heterocycles. The van der Waals surface area contributed by atoms with Crippen LogP contribution in [-0.2, 0) is 10.0 Å². The van der Waals surface area contributed by atoms with E-state index in [1.54, 1.807) is 10.7 Å². The molecule has 1 aliphatic heterocycles. The molecule has 0 atom stereocenters. The fraction of sp³-hybridized carbons (Fsp3) is 0.480. The highest BCUT2D eigenvalue weighted by atomic mass is 32.2. The second kappa shape index (κ2) is 9.23. The zero-order valence-electron chi connectivity index (χ0n) is 20.4. The van der Waals surface area contributed by atoms with Crippen molar-refractivity contribution in [3.8, 4) is 5.69 Å². The number of carbonyl (C=O) groups excluding carboxylic acids is 1. The summed E-state index contributed by atoms with van der Waals surface area (Å²) < 4.78 is 27.5. The molecule has 2 fully saturated rings. The van der Waals surface area contributed by atoms with Crippen LogP contribution in [0.4, 0.5) is 5.69 Å². The summed E-state index contributed by atoms with van der Waals surface area (Å²) in [4.78, 5) is 22.3. The van der Waals surface area contributed by atoms with Crippen LogP contribution < -0.4 is 9.62 Å². The van der Waals surface area contributed by atoms with E-state index in [2.05, 4.69) is 33.4 Å². The highest BCUT2D eigenvalue weighted by molar-refractivity contribution is 7.89. The third-order valence-electron chi connectivity index (χ3n) is 7.03. The number of aromatic nitrogens is 3. The molecule has 1 saturated heterocycles. The van der Waals surface area contributed by atoms with Crippen molar-refractivity contribution in [2.75, 3.05) is 37.3 Å². The average Bonchev–Trinajstić information content (AvgIpc) is 3.16. The highest BCUT2D eigenvalue weighted by Gasteiger charge is 2.31. The molecule has 0 unspecified atom stereocenters. The van der Waals surface area contributed by atoms with Gasteiger partial charge >= 0.3 is 0 Å². The number of hydrogen-bond acceptors (Lipinski definition) is 7. The predicted octanol–water partition coefficient (Wildman–Crippen LogP) is 2.91. The van der Waals surface area contributed by atoms with Gasteiger partial charge in [0.05, 0.1) is 28.7 Å². The van der Waals surface area contributed by atoms with Gasteiger partial charge in [0.15, 0.2) is 5.65 Å². The van der Waals surface area contributed by atoms with Gasteiger partial charge in [0.25, 0.3) is 5.91 Å². The number of fused-ring (bicyclic) bond motifs is 1. The van der Waals surface area contributed by atoms with Crippen molar-refractivity contribution in [1.29, 1.82) is 0 Å². The molecule has 10 heteroatoms. The topological polar surface area (TPSA) is 100 Å². The molecule has 186 valence electrons. The summed E-state index contributed by atoms with van der Waals surface area (Å²) >= 11 is 0. The second-order valence-corrected chi connectivity index (χ2v) is 11.6. The standard InChI is InChI=1S/C25H32N6O3S/c1-17(2)29-12-14-30(15-13-29)21-16-20(25(32)28-35(3,33)34)26-24-22(21)23(18-8-7-9-18)27-31(24)19-10-5-4-6-11-19/h4-6,10-11,16-18H,7-9,12-15H2,1-3H3,(H,28,32). The molecule has 1 saturated carbocycles. The first-order chi connectivity index (χ1) is 16.7. The van der Waals surface area contributed by atoms with Gasteiger partial charge in [-0.15, -0.1) is 0 Å². The zero-order valence-corrected chi connectivity index (χ0v) is 21.3. The van der Waals surface area contributed by atoms with Gasteiger partial charge in [-0.05, 0) is 44.9 Å². The van der Waals surface area contributed by atoms with Gasteiger partial charge in [-0.3, -0.25) is 9.69 Å². The summed E-state index contributed by atoms with van der Waals surface area (Å²) in [5.41, 5.74) is 3.42. The molecule has 9 nitrogen and oxygen atoms in total. The highest BCUT2D eigenvalue weighted by Crippen LogP contribution is 2.42. The van der Waals surface area contributed by atoms with Gasteiger partial charge in [0, 0.05) is 38.1 Å². The summed E-state index contributed by atoms with van der Waals surface area (Å²) in [5, 5.41) is 5.99. The lowest BCUT2D eigenvalue weighted by atomic mass is 9.82. The van der Waals surface area contributed by atoms with Crippen LogP contribution in [0.3, 0.4) is 0 Å². The summed E-state index contributed by atoms with van der Waals surface area (Å²) in [6.45, 7) is 7.85. The zero-order chi connectivity index (χ0) is 24.7. The van der Waals surface area contributed by atoms with Crippen LogP contribution in [0, 0.1) is 0 Å². The lowest BCUT2D eigenvalue weighted by molar-refractivity contribution is 0.0977. The van der Waals surface area contributed by atoms with Gasteiger partial charge in [0.2, 0.25) is 10.0 Å². The molecule has 0 bridgehead atoms. The lowest BCUT2D eigenvalue weighted by Gasteiger charge is -2.38. The second-order valence-electron chi connectivity index (χ2n) is 9.81. The van der Waals surface area contributed by atoms with E-state index in [-0.39, 0.29) is 5.69 Å². The van der Waals surface area contributed by atoms with Crippen LogP contribution in [0.25, 0.3) is 16.7 Å². The van der Waals surface area contributed by atoms with Crippen LogP contribution in [0.1, 0.15) is 55.2 Å². The largest absolute Gasteiger partial charge is 0.368 e. The SMILES string of the molecule is CC(C)N1CCN(c2cc(C(=O)NS(C)(=O)=O)nc3c2c(C2CCC2)nn3-c2ccccc2)CC1. The molecule has 1 aliphatic carbocycles. The van der Waals surface area contributed by atoms with Crippen molar-refractivity contribution >= 4 is 32.7 Å². The third-order valence-corrected chi connectivity index (χ3v) is 7.59. The van der Waals surface area contributed by atoms with Crippen LogP contribution >= 0.6 is 0 Å². The van der Waals surface area contributed by atoms with Gasteiger partial charge in [-0.1, -0.05) is 24.6 Å². The molecule has 1 N–H and O–H groups in total. The van der Waals surface area contributed by atoms with Crippen molar-refractivity contribution in [2.24, 2.45) is 0 Å². The number of rotatable bonds is 6. The molecule has 5 rings (SSSR count). The van der Waals surface area contributed by atoms with Gasteiger partial charge < -0.3 is 4.90 Å². The molecule has 0 radical (unpaired) electrons. The van der Waals surface area contributed by atoms with Gasteiger partial charge in [0.1, 0.15) is 5.69 Å². The van der Waals surface area contributed by atoms with E-state index in [0.717, 1.165) is 67.7 Å². The van der Waals surface area contributed by atoms with E-state index in [1.165, 1.54) is 6.42 Å². The molecule has 3 aromatic rings. The van der Waals surface area contributed by atoms with Crippen molar-refractivity contribution in [3.05, 3.63) is 47.8 Å². The number of piperazine rings is 1. The number of hydrogen-bond donors (Lipinski definition) is 1. The number of amides is 1. The van der Waals surface area contributed by atoms with Crippen molar-refractivity contribution < 1.29 is 13.2 Å². The monoisotopic (exact) mass is 496 g/mol. The number of nitrogens with one attached hydrogen (secondary N) is 1. The Morgan fingerprint density at radius 3 is 2.34 bits per heavy atom. The minimum absolute atomic E-state index is 0.0708. The number of sulfonamides is 1. The maximum atomic E-state index is 12.9. The molecular weight excluding hydrogens is 464 g/mol. The Balaban J connectivity index is 1.69. The van der Waals surface area contributed by atoms with Crippen LogP contribution in [-0.4, -0.2) is 72.5 Å². The first kappa shape index (κ1) is 23.7. The van der Waals surface area contributed by atoms with Crippen LogP contribution in [0.5, 0.6) is 0 Å². The summed E-state index contributed by atoms with van der Waals surface area (Å²) in [6, 6.07) is 12.0. The Morgan fingerprint density at radius 2 is 1.77 bits per heavy atom. The molecular formula is C25H32N6O3S. The Morgan fingerprint density at radius 1 is 1.09 bits per heavy atom. The number of carbonyl (C=O) groups is 1. The lowest BCUT2D eigenvalue weighted by Crippen LogP contribution is -2.49. The van der Waals surface area contributed by atoms with Crippen molar-refractivity contribution in [2.45, 2.75) is 45.1 Å². The predicted molar refractivity (Wildman–Crippen MR) is 137 cm³/mol. The summed E-state index contributed by atoms with van der Waals surface area (Å²) in [5.74, 6) is -0.377. The number of anilines is 1. The minimum atomic E-state index is -3.73. The Kier molecular flexibility index (Phi) is 6.27. The summed E-state index contributed by atoms with van der Waals surface area (Å²) in [7, 11) is -3.73. The average molecular weight is 497 g/mol. The minimum Gasteiger partial charge on any atom is -0.368 e. The van der Waals surface area contributed by atoms with E-state index in [9.17, 15) is 13.2 Å². The normalized spacial score (nSPS) is 17.7. The number of pyridine rings is 1. The molecule has 0 spiro atoms. The van der Waals surface area contributed by atoms with E-state index in [1.807, 2.05) is 30.3 Å². The van der Waals surface area contributed by atoms with Crippen LogP contribution in [0.15, 0.2) is 36.4 Å². The third kappa shape index (κ3) is 4.77. The van der Waals surface area contributed by atoms with Gasteiger partial charge in [-0.25, -0.2) is 22.8 Å². The molecule has 1 aromatic carbocycles. The Labute approximate surface area is 206 Å². The Bertz CT molecular complexity index is 1340. The van der Waals surface area contributed by atoms with Crippen molar-refractivity contribution in [3.63, 3.8) is 0 Å². The maximum absolute atomic E-state index is 12.9. The molecule has 2 aliphatic rings. The van der Waals surface area contributed by atoms with Crippen LogP contribution in [0.2, 0.25) is 0 Å². The van der Waals surface area contributed by atoms with Crippen molar-refractivity contribution in [1.82, 2.24) is 24.4 Å². The smallest absolute Gasteiger partial charge is 0.283 e. The van der Waals surface area contributed by atoms with E-state index in [0.29, 0.717) is 17.6 Å². The molecule has 2 aromatic heterocycles. The first-order valence-corrected chi connectivity index (χ1v) is 14.1. The Hall–Kier alpha value is -2.98. The van der Waals surface area contributed by atoms with E-state index < -0.39 is 15.9 Å². The molecule has 35 heavy (non-hydrogen) atoms.